The van der Waals surface area contributed by atoms with Crippen LogP contribution in [0, 0.1) is 5.82 Å². The first-order valence-electron chi connectivity index (χ1n) is 6.81. The van der Waals surface area contributed by atoms with Gasteiger partial charge in [0.15, 0.2) is 11.6 Å². The molecule has 20 heavy (non-hydrogen) atoms. The summed E-state index contributed by atoms with van der Waals surface area (Å²) in [5.74, 6) is 1.34. The fourth-order valence-corrected chi connectivity index (χ4v) is 2.02. The maximum absolute atomic E-state index is 12.8. The van der Waals surface area contributed by atoms with E-state index in [1.54, 1.807) is 16.8 Å². The van der Waals surface area contributed by atoms with Gasteiger partial charge in [-0.15, -0.1) is 0 Å². The van der Waals surface area contributed by atoms with Crippen molar-refractivity contribution >= 4 is 5.78 Å². The minimum Gasteiger partial charge on any atom is -0.297 e. The summed E-state index contributed by atoms with van der Waals surface area (Å²) in [4.78, 5) is 16.4. The van der Waals surface area contributed by atoms with Crippen LogP contribution in [-0.4, -0.2) is 20.5 Å². The Morgan fingerprint density at radius 3 is 2.50 bits per heavy atom. The second-order valence-corrected chi connectivity index (χ2v) is 4.65. The summed E-state index contributed by atoms with van der Waals surface area (Å²) in [6, 6.07) is 6.00. The molecule has 0 aliphatic heterocycles. The third-order valence-electron chi connectivity index (χ3n) is 3.07. The van der Waals surface area contributed by atoms with Gasteiger partial charge in [0.2, 0.25) is 0 Å². The first kappa shape index (κ1) is 14.4. The summed E-state index contributed by atoms with van der Waals surface area (Å²) in [5, 5.41) is 4.32. The van der Waals surface area contributed by atoms with E-state index in [1.165, 1.54) is 12.1 Å². The van der Waals surface area contributed by atoms with Crippen LogP contribution in [-0.2, 0) is 30.6 Å². The zero-order valence-electron chi connectivity index (χ0n) is 11.8. The highest BCUT2D eigenvalue weighted by Crippen LogP contribution is 2.06. The van der Waals surface area contributed by atoms with Crippen molar-refractivity contribution in [2.24, 2.45) is 0 Å². The highest BCUT2D eigenvalue weighted by molar-refractivity contribution is 5.80. The minimum atomic E-state index is -0.293. The van der Waals surface area contributed by atoms with E-state index >= 15 is 0 Å². The van der Waals surface area contributed by atoms with Gasteiger partial charge in [0, 0.05) is 19.3 Å². The molecule has 0 N–H and O–H groups in total. The molecule has 0 spiro atoms. The fraction of sp³-hybridized carbons (Fsp3) is 0.400. The molecule has 0 saturated heterocycles. The van der Waals surface area contributed by atoms with Gasteiger partial charge in [-0.25, -0.2) is 14.1 Å². The van der Waals surface area contributed by atoms with Crippen LogP contribution in [0.3, 0.4) is 0 Å². The van der Waals surface area contributed by atoms with Gasteiger partial charge in [-0.2, -0.15) is 5.10 Å². The molecule has 0 fully saturated rings. The Bertz CT molecular complexity index is 590. The Kier molecular flexibility index (Phi) is 4.61. The highest BCUT2D eigenvalue weighted by Gasteiger charge is 2.11. The average molecular weight is 275 g/mol. The predicted octanol–water partition coefficient (Wildman–Crippen LogP) is 2.35. The van der Waals surface area contributed by atoms with E-state index in [0.29, 0.717) is 0 Å². The van der Waals surface area contributed by atoms with Gasteiger partial charge < -0.3 is 0 Å². The molecule has 4 nitrogen and oxygen atoms in total. The van der Waals surface area contributed by atoms with E-state index in [1.807, 2.05) is 13.8 Å². The summed E-state index contributed by atoms with van der Waals surface area (Å²) in [6.45, 7) is 4.19. The van der Waals surface area contributed by atoms with Gasteiger partial charge in [0.05, 0.1) is 0 Å². The molecule has 0 aliphatic rings. The van der Waals surface area contributed by atoms with Gasteiger partial charge in [-0.1, -0.05) is 26.0 Å². The second kappa shape index (κ2) is 6.41. The largest absolute Gasteiger partial charge is 0.297 e. The van der Waals surface area contributed by atoms with Crippen LogP contribution in [0.5, 0.6) is 0 Å². The van der Waals surface area contributed by atoms with E-state index in [4.69, 9.17) is 0 Å². The Balaban J connectivity index is 2.04. The molecule has 1 aromatic carbocycles. The Labute approximate surface area is 117 Å². The van der Waals surface area contributed by atoms with Crippen LogP contribution in [0.15, 0.2) is 24.3 Å². The van der Waals surface area contributed by atoms with Crippen LogP contribution in [0.2, 0.25) is 0 Å². The molecule has 0 bridgehead atoms. The topological polar surface area (TPSA) is 47.8 Å². The van der Waals surface area contributed by atoms with Crippen molar-refractivity contribution < 1.29 is 9.18 Å². The van der Waals surface area contributed by atoms with E-state index in [9.17, 15) is 9.18 Å². The summed E-state index contributed by atoms with van der Waals surface area (Å²) >= 11 is 0. The maximum atomic E-state index is 12.8. The van der Waals surface area contributed by atoms with Crippen molar-refractivity contribution in [3.05, 3.63) is 47.3 Å². The zero-order valence-corrected chi connectivity index (χ0v) is 11.8. The van der Waals surface area contributed by atoms with Crippen molar-refractivity contribution in [1.82, 2.24) is 14.8 Å². The lowest BCUT2D eigenvalue weighted by Gasteiger charge is -2.04. The second-order valence-electron chi connectivity index (χ2n) is 4.65. The van der Waals surface area contributed by atoms with Gasteiger partial charge >= 0.3 is 0 Å². The minimum absolute atomic E-state index is 0.0406. The fourth-order valence-electron chi connectivity index (χ4n) is 2.02. The van der Waals surface area contributed by atoms with Gasteiger partial charge in [-0.05, 0) is 17.7 Å². The normalized spacial score (nSPS) is 10.8. The lowest BCUT2D eigenvalue weighted by atomic mass is 10.1. The van der Waals surface area contributed by atoms with Crippen LogP contribution >= 0.6 is 0 Å². The molecule has 0 aliphatic carbocycles. The van der Waals surface area contributed by atoms with Gasteiger partial charge in [0.25, 0.3) is 0 Å². The molecule has 0 amide bonds. The molecular weight excluding hydrogens is 257 g/mol. The molecule has 1 aromatic heterocycles. The maximum Gasteiger partial charge on any atom is 0.158 e. The lowest BCUT2D eigenvalue weighted by molar-refractivity contribution is -0.119. The molecule has 0 atom stereocenters. The number of hydrogen-bond donors (Lipinski definition) is 0. The third-order valence-corrected chi connectivity index (χ3v) is 3.07. The Morgan fingerprint density at radius 2 is 1.90 bits per heavy atom. The number of nitrogens with zero attached hydrogens (tertiary/aromatic N) is 3. The van der Waals surface area contributed by atoms with Gasteiger partial charge in [0.1, 0.15) is 18.2 Å². The van der Waals surface area contributed by atoms with Crippen molar-refractivity contribution in [3.63, 3.8) is 0 Å². The number of carbonyl (C=O) groups excluding carboxylic acids is 1. The molecule has 1 heterocycles. The molecule has 2 rings (SSSR count). The standard InChI is InChI=1S/C15H18FN3O/c1-3-14-17-15(4-2)19(18-14)10-13(20)9-11-5-7-12(16)8-6-11/h5-8H,3-4,9-10H2,1-2H3. The van der Waals surface area contributed by atoms with Gasteiger partial charge in [-0.3, -0.25) is 4.79 Å². The van der Waals surface area contributed by atoms with Crippen LogP contribution in [0.1, 0.15) is 31.1 Å². The van der Waals surface area contributed by atoms with E-state index in [2.05, 4.69) is 10.1 Å². The van der Waals surface area contributed by atoms with Crippen LogP contribution in [0.25, 0.3) is 0 Å². The van der Waals surface area contributed by atoms with Crippen LogP contribution < -0.4 is 0 Å². The summed E-state index contributed by atoms with van der Waals surface area (Å²) in [5.41, 5.74) is 0.810. The first-order valence-corrected chi connectivity index (χ1v) is 6.81. The number of halogens is 1. The first-order chi connectivity index (χ1) is 9.62. The Morgan fingerprint density at radius 1 is 1.20 bits per heavy atom. The number of Topliss-reactive ketones (excluding diaryl/α,β-unsaturated/α-hetero) is 1. The predicted molar refractivity (Wildman–Crippen MR) is 73.9 cm³/mol. The highest BCUT2D eigenvalue weighted by atomic mass is 19.1. The van der Waals surface area contributed by atoms with Crippen molar-refractivity contribution in [2.45, 2.75) is 39.7 Å². The number of rotatable bonds is 6. The summed E-state index contributed by atoms with van der Waals surface area (Å²) in [6.07, 6.45) is 1.79. The van der Waals surface area contributed by atoms with E-state index in [0.717, 1.165) is 30.1 Å². The van der Waals surface area contributed by atoms with Crippen molar-refractivity contribution in [2.75, 3.05) is 0 Å². The molecule has 0 radical (unpaired) electrons. The summed E-state index contributed by atoms with van der Waals surface area (Å²) < 4.78 is 14.5. The monoisotopic (exact) mass is 275 g/mol. The van der Waals surface area contributed by atoms with Crippen LogP contribution in [0.4, 0.5) is 4.39 Å². The SMILES string of the molecule is CCc1nc(CC)n(CC(=O)Cc2ccc(F)cc2)n1. The number of carbonyl (C=O) groups is 1. The quantitative estimate of drug-likeness (QED) is 0.813. The average Bonchev–Trinajstić information content (AvgIpc) is 2.83. The Hall–Kier alpha value is -2.04. The number of ketones is 1. The van der Waals surface area contributed by atoms with Crippen molar-refractivity contribution in [1.29, 1.82) is 0 Å². The molecule has 106 valence electrons. The van der Waals surface area contributed by atoms with Crippen molar-refractivity contribution in [3.8, 4) is 0 Å². The molecule has 0 unspecified atom stereocenters. The molecule has 2 aromatic rings. The number of benzene rings is 1. The smallest absolute Gasteiger partial charge is 0.158 e. The molecule has 5 heteroatoms. The number of hydrogen-bond acceptors (Lipinski definition) is 3. The van der Waals surface area contributed by atoms with E-state index in [-0.39, 0.29) is 24.6 Å². The third kappa shape index (κ3) is 3.50. The van der Waals surface area contributed by atoms with E-state index < -0.39 is 0 Å². The number of aryl methyl sites for hydroxylation is 2. The summed E-state index contributed by atoms with van der Waals surface area (Å²) in [7, 11) is 0. The molecule has 0 saturated carbocycles. The number of aromatic nitrogens is 3. The molecular formula is C15H18FN3O. The zero-order chi connectivity index (χ0) is 14.5. The lowest BCUT2D eigenvalue weighted by Crippen LogP contribution is -2.16.